The maximum absolute atomic E-state index is 12.3. The Hall–Kier alpha value is -2.63. The van der Waals surface area contributed by atoms with E-state index in [1.807, 2.05) is 23.1 Å². The van der Waals surface area contributed by atoms with Crippen LogP contribution in [0, 0.1) is 5.92 Å². The molecule has 2 amide bonds. The van der Waals surface area contributed by atoms with Crippen LogP contribution in [0.1, 0.15) is 35.2 Å². The molecular formula is C19H24N4O2. The van der Waals surface area contributed by atoms with Gasteiger partial charge in [0.05, 0.1) is 11.8 Å². The largest absolute Gasteiger partial charge is 0.352 e. The maximum Gasteiger partial charge on any atom is 0.254 e. The standard InChI is InChI=1S/C19H24N4O2/c24-18(7-6-15-4-2-1-3-5-15)23-10-8-16(9-11-23)12-20-19(25)17-13-21-22-14-17/h1-5,13-14,16H,6-12H2,(H,20,25)(H,21,22). The van der Waals surface area contributed by atoms with E-state index in [1.54, 1.807) is 6.20 Å². The lowest BCUT2D eigenvalue weighted by Gasteiger charge is -2.32. The summed E-state index contributed by atoms with van der Waals surface area (Å²) in [4.78, 5) is 26.2. The van der Waals surface area contributed by atoms with Gasteiger partial charge in [-0.05, 0) is 30.7 Å². The van der Waals surface area contributed by atoms with Gasteiger partial charge in [0.15, 0.2) is 0 Å². The second-order valence-electron chi connectivity index (χ2n) is 6.51. The molecule has 132 valence electrons. The number of likely N-dealkylation sites (tertiary alicyclic amines) is 1. The molecule has 0 spiro atoms. The number of benzene rings is 1. The first-order chi connectivity index (χ1) is 12.2. The van der Waals surface area contributed by atoms with Crippen molar-refractivity contribution in [3.05, 3.63) is 53.9 Å². The summed E-state index contributed by atoms with van der Waals surface area (Å²) in [5.74, 6) is 0.550. The number of carbonyl (C=O) groups is 2. The molecule has 25 heavy (non-hydrogen) atoms. The number of amides is 2. The first kappa shape index (κ1) is 17.2. The summed E-state index contributed by atoms with van der Waals surface area (Å²) in [6.45, 7) is 2.20. The van der Waals surface area contributed by atoms with Gasteiger partial charge in [-0.3, -0.25) is 14.7 Å². The molecule has 1 saturated heterocycles. The Balaban J connectivity index is 1.36. The second kappa shape index (κ2) is 8.46. The third-order valence-electron chi connectivity index (χ3n) is 4.75. The zero-order valence-electron chi connectivity index (χ0n) is 14.3. The Morgan fingerprint density at radius 3 is 2.64 bits per heavy atom. The number of piperidine rings is 1. The molecule has 2 heterocycles. The van der Waals surface area contributed by atoms with Gasteiger partial charge >= 0.3 is 0 Å². The highest BCUT2D eigenvalue weighted by atomic mass is 16.2. The zero-order valence-corrected chi connectivity index (χ0v) is 14.3. The van der Waals surface area contributed by atoms with Crippen molar-refractivity contribution < 1.29 is 9.59 Å². The number of hydrogen-bond donors (Lipinski definition) is 2. The van der Waals surface area contributed by atoms with Gasteiger partial charge in [0, 0.05) is 32.3 Å². The first-order valence-electron chi connectivity index (χ1n) is 8.81. The van der Waals surface area contributed by atoms with Crippen molar-refractivity contribution in [2.24, 2.45) is 5.92 Å². The van der Waals surface area contributed by atoms with E-state index >= 15 is 0 Å². The van der Waals surface area contributed by atoms with E-state index < -0.39 is 0 Å². The normalized spacial score (nSPS) is 15.1. The van der Waals surface area contributed by atoms with Gasteiger partial charge in [0.2, 0.25) is 5.91 Å². The summed E-state index contributed by atoms with van der Waals surface area (Å²) in [7, 11) is 0. The molecular weight excluding hydrogens is 316 g/mol. The van der Waals surface area contributed by atoms with Crippen LogP contribution in [-0.4, -0.2) is 46.5 Å². The number of nitrogens with one attached hydrogen (secondary N) is 2. The summed E-state index contributed by atoms with van der Waals surface area (Å²) in [5.41, 5.74) is 1.75. The van der Waals surface area contributed by atoms with Crippen molar-refractivity contribution in [2.45, 2.75) is 25.7 Å². The Bertz CT molecular complexity index is 677. The van der Waals surface area contributed by atoms with E-state index in [0.717, 1.165) is 32.4 Å². The van der Waals surface area contributed by atoms with Crippen LogP contribution < -0.4 is 5.32 Å². The summed E-state index contributed by atoms with van der Waals surface area (Å²) in [6.07, 6.45) is 6.32. The van der Waals surface area contributed by atoms with Crippen molar-refractivity contribution in [3.63, 3.8) is 0 Å². The molecule has 2 N–H and O–H groups in total. The molecule has 1 aliphatic heterocycles. The molecule has 6 nitrogen and oxygen atoms in total. The molecule has 0 aliphatic carbocycles. The quantitative estimate of drug-likeness (QED) is 0.844. The van der Waals surface area contributed by atoms with Gasteiger partial charge in [0.1, 0.15) is 0 Å². The molecule has 0 atom stereocenters. The van der Waals surface area contributed by atoms with Crippen LogP contribution >= 0.6 is 0 Å². The average molecular weight is 340 g/mol. The molecule has 0 bridgehead atoms. The summed E-state index contributed by atoms with van der Waals surface area (Å²) in [5, 5.41) is 9.36. The molecule has 1 aromatic carbocycles. The molecule has 2 aromatic rings. The van der Waals surface area contributed by atoms with Crippen molar-refractivity contribution in [2.75, 3.05) is 19.6 Å². The van der Waals surface area contributed by atoms with E-state index in [4.69, 9.17) is 0 Å². The minimum atomic E-state index is -0.102. The Labute approximate surface area is 147 Å². The summed E-state index contributed by atoms with van der Waals surface area (Å²) >= 11 is 0. The zero-order chi connectivity index (χ0) is 17.5. The second-order valence-corrected chi connectivity index (χ2v) is 6.51. The van der Waals surface area contributed by atoms with Crippen LogP contribution in [0.25, 0.3) is 0 Å². The smallest absolute Gasteiger partial charge is 0.254 e. The van der Waals surface area contributed by atoms with Gasteiger partial charge in [0.25, 0.3) is 5.91 Å². The van der Waals surface area contributed by atoms with E-state index in [0.29, 0.717) is 24.4 Å². The fourth-order valence-electron chi connectivity index (χ4n) is 3.15. The third kappa shape index (κ3) is 4.92. The van der Waals surface area contributed by atoms with Crippen LogP contribution in [0.3, 0.4) is 0 Å². The fourth-order valence-corrected chi connectivity index (χ4v) is 3.15. The fraction of sp³-hybridized carbons (Fsp3) is 0.421. The minimum absolute atomic E-state index is 0.102. The van der Waals surface area contributed by atoms with E-state index in [-0.39, 0.29) is 11.8 Å². The van der Waals surface area contributed by atoms with E-state index in [2.05, 4.69) is 27.6 Å². The van der Waals surface area contributed by atoms with Gasteiger partial charge < -0.3 is 10.2 Å². The van der Waals surface area contributed by atoms with Crippen LogP contribution in [0.15, 0.2) is 42.7 Å². The molecule has 3 rings (SSSR count). The number of rotatable bonds is 6. The Morgan fingerprint density at radius 1 is 1.20 bits per heavy atom. The number of H-pyrrole nitrogens is 1. The minimum Gasteiger partial charge on any atom is -0.352 e. The van der Waals surface area contributed by atoms with Gasteiger partial charge in [-0.25, -0.2) is 0 Å². The molecule has 1 aromatic heterocycles. The van der Waals surface area contributed by atoms with Crippen LogP contribution in [0.5, 0.6) is 0 Å². The predicted molar refractivity (Wildman–Crippen MR) is 95.0 cm³/mol. The third-order valence-corrected chi connectivity index (χ3v) is 4.75. The number of aryl methyl sites for hydroxylation is 1. The van der Waals surface area contributed by atoms with E-state index in [1.165, 1.54) is 11.8 Å². The number of carbonyl (C=O) groups excluding carboxylic acids is 2. The van der Waals surface area contributed by atoms with Crippen LogP contribution in [-0.2, 0) is 11.2 Å². The molecule has 0 saturated carbocycles. The predicted octanol–water partition coefficient (Wildman–Crippen LogP) is 2.01. The van der Waals surface area contributed by atoms with Crippen molar-refractivity contribution in [1.82, 2.24) is 20.4 Å². The number of aromatic nitrogens is 2. The van der Waals surface area contributed by atoms with Crippen molar-refractivity contribution in [1.29, 1.82) is 0 Å². The number of aromatic amines is 1. The number of hydrogen-bond acceptors (Lipinski definition) is 3. The molecule has 0 radical (unpaired) electrons. The van der Waals surface area contributed by atoms with Gasteiger partial charge in [-0.15, -0.1) is 0 Å². The van der Waals surface area contributed by atoms with Crippen molar-refractivity contribution >= 4 is 11.8 Å². The Kier molecular flexibility index (Phi) is 5.82. The molecule has 0 unspecified atom stereocenters. The summed E-state index contributed by atoms with van der Waals surface area (Å²) < 4.78 is 0. The SMILES string of the molecule is O=C(NCC1CCN(C(=O)CCc2ccccc2)CC1)c1cn[nH]c1. The highest BCUT2D eigenvalue weighted by molar-refractivity contribution is 5.93. The van der Waals surface area contributed by atoms with Gasteiger partial charge in [-0.1, -0.05) is 30.3 Å². The highest BCUT2D eigenvalue weighted by Gasteiger charge is 2.23. The van der Waals surface area contributed by atoms with Crippen LogP contribution in [0.2, 0.25) is 0 Å². The lowest BCUT2D eigenvalue weighted by atomic mass is 9.96. The van der Waals surface area contributed by atoms with Crippen LogP contribution in [0.4, 0.5) is 0 Å². The molecule has 6 heteroatoms. The number of nitrogens with zero attached hydrogens (tertiary/aromatic N) is 2. The van der Waals surface area contributed by atoms with Crippen molar-refractivity contribution in [3.8, 4) is 0 Å². The highest BCUT2D eigenvalue weighted by Crippen LogP contribution is 2.18. The average Bonchev–Trinajstić information content (AvgIpc) is 3.20. The Morgan fingerprint density at radius 2 is 1.96 bits per heavy atom. The first-order valence-corrected chi connectivity index (χ1v) is 8.81. The topological polar surface area (TPSA) is 78.1 Å². The summed E-state index contributed by atoms with van der Waals surface area (Å²) in [6, 6.07) is 10.1. The maximum atomic E-state index is 12.3. The van der Waals surface area contributed by atoms with E-state index in [9.17, 15) is 9.59 Å². The molecule has 1 fully saturated rings. The van der Waals surface area contributed by atoms with Gasteiger partial charge in [-0.2, -0.15) is 5.10 Å². The monoisotopic (exact) mass is 340 g/mol. The lowest BCUT2D eigenvalue weighted by Crippen LogP contribution is -2.41. The molecule has 1 aliphatic rings. The lowest BCUT2D eigenvalue weighted by molar-refractivity contribution is -0.132.